The van der Waals surface area contributed by atoms with Crippen LogP contribution in [0.15, 0.2) is 24.4 Å². The van der Waals surface area contributed by atoms with Crippen molar-refractivity contribution in [1.29, 1.82) is 0 Å². The van der Waals surface area contributed by atoms with E-state index in [1.807, 2.05) is 0 Å². The average Bonchev–Trinajstić information content (AvgIpc) is 2.80. The van der Waals surface area contributed by atoms with E-state index >= 15 is 0 Å². The van der Waals surface area contributed by atoms with Gasteiger partial charge in [-0.15, -0.1) is 0 Å². The van der Waals surface area contributed by atoms with Crippen molar-refractivity contribution in [2.24, 2.45) is 0 Å². The molecule has 36 heavy (non-hydrogen) atoms. The van der Waals surface area contributed by atoms with Crippen LogP contribution < -0.4 is 20.1 Å². The number of ether oxygens (including phenoxy) is 4. The van der Waals surface area contributed by atoms with Crippen LogP contribution in [0.2, 0.25) is 0 Å². The molecule has 0 unspecified atom stereocenters. The van der Waals surface area contributed by atoms with Crippen molar-refractivity contribution in [3.05, 3.63) is 30.2 Å². The lowest BCUT2D eigenvalue weighted by molar-refractivity contribution is -0.00778. The Labute approximate surface area is 213 Å². The molecule has 0 atom stereocenters. The summed E-state index contributed by atoms with van der Waals surface area (Å²) in [6, 6.07) is 5.47. The second-order valence-electron chi connectivity index (χ2n) is 10.3. The minimum Gasteiger partial charge on any atom is -0.491 e. The predicted octanol–water partition coefficient (Wildman–Crippen LogP) is 4.47. The van der Waals surface area contributed by atoms with E-state index in [2.05, 4.69) is 60.2 Å². The van der Waals surface area contributed by atoms with E-state index in [4.69, 9.17) is 18.9 Å². The molecule has 3 rings (SSSR count). The maximum absolute atomic E-state index is 14.7. The van der Waals surface area contributed by atoms with Gasteiger partial charge in [0.05, 0.1) is 19.4 Å². The molecule has 0 radical (unpaired) electrons. The molecule has 200 valence electrons. The summed E-state index contributed by atoms with van der Waals surface area (Å²) in [4.78, 5) is 11.0. The van der Waals surface area contributed by atoms with Crippen molar-refractivity contribution < 1.29 is 23.3 Å². The minimum atomic E-state index is -0.490. The van der Waals surface area contributed by atoms with E-state index in [9.17, 15) is 4.39 Å². The second-order valence-corrected chi connectivity index (χ2v) is 10.3. The third kappa shape index (κ3) is 7.41. The van der Waals surface area contributed by atoms with E-state index < -0.39 is 5.82 Å². The van der Waals surface area contributed by atoms with Crippen LogP contribution in [0.25, 0.3) is 0 Å². The summed E-state index contributed by atoms with van der Waals surface area (Å²) in [6.07, 6.45) is 2.90. The maximum Gasteiger partial charge on any atom is 0.229 e. The summed E-state index contributed by atoms with van der Waals surface area (Å²) in [6.45, 7) is 10.5. The van der Waals surface area contributed by atoms with Gasteiger partial charge in [-0.05, 0) is 47.6 Å². The molecule has 1 aliphatic heterocycles. The van der Waals surface area contributed by atoms with Gasteiger partial charge in [0.15, 0.2) is 11.6 Å². The first-order valence-electron chi connectivity index (χ1n) is 12.2. The Morgan fingerprint density at radius 3 is 2.03 bits per heavy atom. The van der Waals surface area contributed by atoms with Gasteiger partial charge in [0.25, 0.3) is 0 Å². The number of likely N-dealkylation sites (tertiary alicyclic amines) is 1. The molecule has 0 aliphatic carbocycles. The molecular weight excluding hydrogens is 465 g/mol. The molecule has 1 aromatic carbocycles. The topological polar surface area (TPSA) is 90.0 Å². The monoisotopic (exact) mass is 505 g/mol. The summed E-state index contributed by atoms with van der Waals surface area (Å²) in [5, 5.41) is 6.48. The van der Waals surface area contributed by atoms with E-state index in [0.29, 0.717) is 43.6 Å². The van der Waals surface area contributed by atoms with Gasteiger partial charge in [0.1, 0.15) is 24.7 Å². The highest BCUT2D eigenvalue weighted by Crippen LogP contribution is 2.38. The Hall–Kier alpha value is -2.69. The van der Waals surface area contributed by atoms with E-state index in [1.54, 1.807) is 32.4 Å². The third-order valence-electron chi connectivity index (χ3n) is 6.64. The molecule has 10 heteroatoms. The van der Waals surface area contributed by atoms with Crippen LogP contribution in [0.5, 0.6) is 11.5 Å². The zero-order valence-corrected chi connectivity index (χ0v) is 22.5. The van der Waals surface area contributed by atoms with E-state index in [1.165, 1.54) is 6.20 Å². The number of anilines is 3. The van der Waals surface area contributed by atoms with Gasteiger partial charge in [0.2, 0.25) is 5.95 Å². The van der Waals surface area contributed by atoms with Crippen molar-refractivity contribution in [3.8, 4) is 11.5 Å². The van der Waals surface area contributed by atoms with Crippen LogP contribution in [-0.4, -0.2) is 79.7 Å². The molecular formula is C26H40FN5O4. The molecule has 9 nitrogen and oxygen atoms in total. The molecule has 0 saturated carbocycles. The molecule has 1 fully saturated rings. The molecule has 0 bridgehead atoms. The van der Waals surface area contributed by atoms with Crippen LogP contribution in [0.1, 0.15) is 40.5 Å². The first kappa shape index (κ1) is 27.9. The number of hydrogen-bond acceptors (Lipinski definition) is 9. The highest BCUT2D eigenvalue weighted by Gasteiger charge is 2.43. The summed E-state index contributed by atoms with van der Waals surface area (Å²) < 4.78 is 36.4. The molecule has 2 heterocycles. The average molecular weight is 506 g/mol. The lowest BCUT2D eigenvalue weighted by atomic mass is 9.77. The summed E-state index contributed by atoms with van der Waals surface area (Å²) >= 11 is 0. The zero-order valence-electron chi connectivity index (χ0n) is 22.5. The summed E-state index contributed by atoms with van der Waals surface area (Å²) in [5.74, 6) is 1.15. The number of halogens is 1. The fourth-order valence-corrected chi connectivity index (χ4v) is 4.62. The highest BCUT2D eigenvalue weighted by molar-refractivity contribution is 5.60. The Morgan fingerprint density at radius 2 is 1.50 bits per heavy atom. The van der Waals surface area contributed by atoms with E-state index in [-0.39, 0.29) is 28.9 Å². The fourth-order valence-electron chi connectivity index (χ4n) is 4.62. The first-order chi connectivity index (χ1) is 17.0. The number of nitrogens with zero attached hydrogens (tertiary/aromatic N) is 3. The van der Waals surface area contributed by atoms with Crippen molar-refractivity contribution in [2.45, 2.75) is 57.7 Å². The lowest BCUT2D eigenvalue weighted by Gasteiger charge is -2.53. The molecule has 0 amide bonds. The predicted molar refractivity (Wildman–Crippen MR) is 139 cm³/mol. The summed E-state index contributed by atoms with van der Waals surface area (Å²) in [5.41, 5.74) is 0.579. The zero-order chi connectivity index (χ0) is 26.3. The molecule has 0 spiro atoms. The fraction of sp³-hybridized carbons (Fsp3) is 0.615. The van der Waals surface area contributed by atoms with E-state index in [0.717, 1.165) is 12.8 Å². The van der Waals surface area contributed by atoms with Crippen LogP contribution in [0, 0.1) is 5.82 Å². The number of rotatable bonds is 12. The smallest absolute Gasteiger partial charge is 0.229 e. The highest BCUT2D eigenvalue weighted by atomic mass is 19.1. The number of benzene rings is 1. The van der Waals surface area contributed by atoms with Crippen molar-refractivity contribution in [3.63, 3.8) is 0 Å². The van der Waals surface area contributed by atoms with Crippen molar-refractivity contribution >= 4 is 17.5 Å². The number of nitrogens with one attached hydrogen (secondary N) is 2. The largest absolute Gasteiger partial charge is 0.491 e. The SMILES string of the molecule is COCCOc1cc(Nc2ncc(F)c(NC3CC(C)(C)N(C)C(C)(C)C3)n2)cc(OCCOC)c1. The molecule has 1 aromatic heterocycles. The van der Waals surface area contributed by atoms with Gasteiger partial charge in [-0.3, -0.25) is 4.90 Å². The van der Waals surface area contributed by atoms with Crippen molar-refractivity contribution in [2.75, 3.05) is 58.3 Å². The van der Waals surface area contributed by atoms with Crippen LogP contribution in [0.3, 0.4) is 0 Å². The first-order valence-corrected chi connectivity index (χ1v) is 12.2. The van der Waals surface area contributed by atoms with Crippen LogP contribution >= 0.6 is 0 Å². The van der Waals surface area contributed by atoms with Gasteiger partial charge < -0.3 is 29.6 Å². The number of hydrogen-bond donors (Lipinski definition) is 2. The quantitative estimate of drug-likeness (QED) is 0.406. The Morgan fingerprint density at radius 1 is 0.944 bits per heavy atom. The Kier molecular flexibility index (Phi) is 9.32. The molecule has 1 aliphatic rings. The van der Waals surface area contributed by atoms with Gasteiger partial charge in [-0.25, -0.2) is 9.37 Å². The minimum absolute atomic E-state index is 0.0352. The third-order valence-corrected chi connectivity index (χ3v) is 6.64. The summed E-state index contributed by atoms with van der Waals surface area (Å²) in [7, 11) is 5.38. The standard InChI is InChI=1S/C26H40FN5O4/c1-25(2)15-19(16-26(3,4)32(25)5)29-23-22(27)17-28-24(31-23)30-18-12-20(35-10-8-33-6)14-21(13-18)36-11-9-34-7/h12-14,17,19H,8-11,15-16H2,1-7H3,(H2,28,29,30,31). The number of aromatic nitrogens is 2. The Bertz CT molecular complexity index is 958. The van der Waals surface area contributed by atoms with Gasteiger partial charge in [-0.1, -0.05) is 0 Å². The number of piperidine rings is 1. The lowest BCUT2D eigenvalue weighted by Crippen LogP contribution is -2.61. The van der Waals surface area contributed by atoms with Gasteiger partial charge >= 0.3 is 0 Å². The van der Waals surface area contributed by atoms with Crippen molar-refractivity contribution in [1.82, 2.24) is 14.9 Å². The molecule has 2 aromatic rings. The van der Waals surface area contributed by atoms with Gasteiger partial charge in [-0.2, -0.15) is 4.98 Å². The molecule has 1 saturated heterocycles. The van der Waals surface area contributed by atoms with Gasteiger partial charge in [0, 0.05) is 55.2 Å². The van der Waals surface area contributed by atoms with Crippen LogP contribution in [-0.2, 0) is 9.47 Å². The maximum atomic E-state index is 14.7. The normalized spacial score (nSPS) is 17.6. The second kappa shape index (κ2) is 12.0. The van der Waals surface area contributed by atoms with Crippen LogP contribution in [0.4, 0.5) is 21.8 Å². The Balaban J connectivity index is 1.78. The number of methoxy groups -OCH3 is 2. The molecule has 2 N–H and O–H groups in total.